The molecule has 3 heterocycles. The molecule has 1 aliphatic heterocycles. The third kappa shape index (κ3) is 3.35. The standard InChI is InChI=1S/C28H30N2O2/c1-4-7-25(31)27-26(21-13-15-22(32-3)16-14-21)23-8-5-6-17-29-24(18-30(27)28(23)29)20-11-9-19(2)10-12-20/h9-16,18H,4-8,17H2,1-3H3. The molecule has 4 aromatic rings. The Kier molecular flexibility index (Phi) is 5.38. The minimum absolute atomic E-state index is 0.216. The maximum Gasteiger partial charge on any atom is 0.180 e. The van der Waals surface area contributed by atoms with Gasteiger partial charge in [0.15, 0.2) is 5.78 Å². The topological polar surface area (TPSA) is 35.6 Å². The number of methoxy groups -OCH3 is 1. The van der Waals surface area contributed by atoms with Crippen LogP contribution in [0, 0.1) is 6.92 Å². The SMILES string of the molecule is CCCC(=O)c1c(-c2ccc(OC)cc2)c2c3n(c(-c4ccc(C)cc4)cn13)CCCC2. The summed E-state index contributed by atoms with van der Waals surface area (Å²) in [5.74, 6) is 1.05. The predicted octanol–water partition coefficient (Wildman–Crippen LogP) is 6.71. The molecule has 0 aliphatic carbocycles. The molecule has 0 bridgehead atoms. The van der Waals surface area contributed by atoms with E-state index >= 15 is 0 Å². The Hall–Kier alpha value is -3.27. The zero-order valence-corrected chi connectivity index (χ0v) is 19.1. The van der Waals surface area contributed by atoms with Crippen LogP contribution in [-0.2, 0) is 13.0 Å². The van der Waals surface area contributed by atoms with Crippen LogP contribution in [0.1, 0.15) is 54.2 Å². The normalized spacial score (nSPS) is 13.3. The number of hydrogen-bond donors (Lipinski definition) is 0. The third-order valence-electron chi connectivity index (χ3n) is 6.60. The average molecular weight is 427 g/mol. The van der Waals surface area contributed by atoms with Crippen molar-refractivity contribution in [2.24, 2.45) is 0 Å². The number of rotatable bonds is 6. The molecule has 0 radical (unpaired) electrons. The van der Waals surface area contributed by atoms with Gasteiger partial charge in [0.25, 0.3) is 0 Å². The van der Waals surface area contributed by atoms with Crippen molar-refractivity contribution in [2.45, 2.75) is 52.5 Å². The minimum atomic E-state index is 0.216. The molecule has 164 valence electrons. The molecule has 0 amide bonds. The van der Waals surface area contributed by atoms with Gasteiger partial charge in [0.2, 0.25) is 0 Å². The number of carbonyl (C=O) groups is 1. The van der Waals surface area contributed by atoms with E-state index in [4.69, 9.17) is 4.74 Å². The summed E-state index contributed by atoms with van der Waals surface area (Å²) in [5.41, 5.74) is 9.15. The number of ether oxygens (including phenoxy) is 1. The van der Waals surface area contributed by atoms with E-state index in [0.29, 0.717) is 6.42 Å². The van der Waals surface area contributed by atoms with Crippen LogP contribution >= 0.6 is 0 Å². The van der Waals surface area contributed by atoms with Crippen molar-refractivity contribution in [1.82, 2.24) is 8.97 Å². The number of benzene rings is 2. The monoisotopic (exact) mass is 426 g/mol. The highest BCUT2D eigenvalue weighted by Crippen LogP contribution is 2.40. The van der Waals surface area contributed by atoms with Gasteiger partial charge in [0.05, 0.1) is 18.5 Å². The van der Waals surface area contributed by atoms with Gasteiger partial charge in [-0.05, 0) is 55.9 Å². The first kappa shape index (κ1) is 20.6. The Morgan fingerprint density at radius 3 is 2.41 bits per heavy atom. The highest BCUT2D eigenvalue weighted by atomic mass is 16.5. The van der Waals surface area contributed by atoms with Crippen LogP contribution in [0.4, 0.5) is 0 Å². The van der Waals surface area contributed by atoms with Crippen LogP contribution in [0.5, 0.6) is 5.75 Å². The lowest BCUT2D eigenvalue weighted by Crippen LogP contribution is -2.04. The van der Waals surface area contributed by atoms with Crippen molar-refractivity contribution in [3.05, 3.63) is 71.5 Å². The van der Waals surface area contributed by atoms with E-state index in [1.807, 2.05) is 12.1 Å². The Balaban J connectivity index is 1.80. The molecule has 4 heteroatoms. The number of carbonyl (C=O) groups excluding carboxylic acids is 1. The van der Waals surface area contributed by atoms with Crippen molar-refractivity contribution in [1.29, 1.82) is 0 Å². The highest BCUT2D eigenvalue weighted by Gasteiger charge is 2.29. The summed E-state index contributed by atoms with van der Waals surface area (Å²) in [6.45, 7) is 5.16. The van der Waals surface area contributed by atoms with E-state index in [2.05, 4.69) is 65.4 Å². The number of Topliss-reactive ketones (excluding diaryl/α,β-unsaturated/α-hetero) is 1. The Morgan fingerprint density at radius 1 is 1.00 bits per heavy atom. The molecule has 0 saturated carbocycles. The van der Waals surface area contributed by atoms with Crippen molar-refractivity contribution in [2.75, 3.05) is 7.11 Å². The summed E-state index contributed by atoms with van der Waals surface area (Å²) in [6.07, 6.45) is 6.83. The molecule has 4 nitrogen and oxygen atoms in total. The fraction of sp³-hybridized carbons (Fsp3) is 0.321. The van der Waals surface area contributed by atoms with Crippen LogP contribution in [0.2, 0.25) is 0 Å². The Bertz CT molecular complexity index is 1270. The van der Waals surface area contributed by atoms with Crippen LogP contribution < -0.4 is 4.74 Å². The second-order valence-corrected chi connectivity index (χ2v) is 8.79. The van der Waals surface area contributed by atoms with E-state index in [9.17, 15) is 4.79 Å². The first-order valence-corrected chi connectivity index (χ1v) is 11.6. The van der Waals surface area contributed by atoms with Gasteiger partial charge in [-0.1, -0.05) is 48.9 Å². The smallest absolute Gasteiger partial charge is 0.180 e. The van der Waals surface area contributed by atoms with Crippen LogP contribution in [0.15, 0.2) is 54.7 Å². The number of aromatic nitrogens is 2. The van der Waals surface area contributed by atoms with Gasteiger partial charge in [-0.2, -0.15) is 0 Å². The summed E-state index contributed by atoms with van der Waals surface area (Å²) in [5, 5.41) is 0. The molecule has 5 rings (SSSR count). The molecule has 0 fully saturated rings. The molecule has 2 aromatic heterocycles. The van der Waals surface area contributed by atoms with Crippen molar-refractivity contribution in [3.8, 4) is 28.1 Å². The van der Waals surface area contributed by atoms with Gasteiger partial charge < -0.3 is 9.30 Å². The predicted molar refractivity (Wildman–Crippen MR) is 130 cm³/mol. The van der Waals surface area contributed by atoms with E-state index in [0.717, 1.165) is 54.8 Å². The lowest BCUT2D eigenvalue weighted by molar-refractivity contribution is 0.0977. The molecule has 32 heavy (non-hydrogen) atoms. The fourth-order valence-corrected chi connectivity index (χ4v) is 5.03. The van der Waals surface area contributed by atoms with Gasteiger partial charge in [-0.3, -0.25) is 9.20 Å². The molecular weight excluding hydrogens is 396 g/mol. The minimum Gasteiger partial charge on any atom is -0.497 e. The second-order valence-electron chi connectivity index (χ2n) is 8.79. The number of hydrogen-bond acceptors (Lipinski definition) is 2. The molecule has 0 spiro atoms. The summed E-state index contributed by atoms with van der Waals surface area (Å²) in [4.78, 5) is 13.5. The molecule has 0 atom stereocenters. The highest BCUT2D eigenvalue weighted by molar-refractivity contribution is 6.04. The molecular formula is C28H30N2O2. The quantitative estimate of drug-likeness (QED) is 0.321. The molecule has 0 N–H and O–H groups in total. The number of aryl methyl sites for hydroxylation is 3. The summed E-state index contributed by atoms with van der Waals surface area (Å²) >= 11 is 0. The third-order valence-corrected chi connectivity index (χ3v) is 6.60. The zero-order valence-electron chi connectivity index (χ0n) is 19.1. The molecule has 1 aliphatic rings. The van der Waals surface area contributed by atoms with E-state index in [-0.39, 0.29) is 5.78 Å². The first-order chi connectivity index (χ1) is 15.6. The average Bonchev–Trinajstić information content (AvgIpc) is 3.22. The van der Waals surface area contributed by atoms with Gasteiger partial charge >= 0.3 is 0 Å². The van der Waals surface area contributed by atoms with E-state index in [1.54, 1.807) is 7.11 Å². The van der Waals surface area contributed by atoms with Crippen molar-refractivity contribution < 1.29 is 9.53 Å². The zero-order chi connectivity index (χ0) is 22.2. The van der Waals surface area contributed by atoms with Crippen molar-refractivity contribution >= 4 is 11.4 Å². The molecule has 0 saturated heterocycles. The summed E-state index contributed by atoms with van der Waals surface area (Å²) in [6, 6.07) is 16.9. The number of ketones is 1. The molecule has 2 aromatic carbocycles. The van der Waals surface area contributed by atoms with E-state index in [1.165, 1.54) is 28.0 Å². The molecule has 0 unspecified atom stereocenters. The Morgan fingerprint density at radius 2 is 1.72 bits per heavy atom. The van der Waals surface area contributed by atoms with Gasteiger partial charge in [-0.25, -0.2) is 0 Å². The second kappa shape index (κ2) is 8.34. The largest absolute Gasteiger partial charge is 0.497 e. The first-order valence-electron chi connectivity index (χ1n) is 11.6. The lowest BCUT2D eigenvalue weighted by Gasteiger charge is -2.10. The lowest BCUT2D eigenvalue weighted by atomic mass is 9.95. The Labute approximate surface area is 189 Å². The number of imidazole rings is 1. The van der Waals surface area contributed by atoms with Gasteiger partial charge in [0, 0.05) is 30.3 Å². The van der Waals surface area contributed by atoms with Gasteiger partial charge in [0.1, 0.15) is 11.4 Å². The summed E-state index contributed by atoms with van der Waals surface area (Å²) < 4.78 is 9.99. The maximum atomic E-state index is 13.5. The van der Waals surface area contributed by atoms with Crippen LogP contribution in [-0.4, -0.2) is 21.9 Å². The maximum absolute atomic E-state index is 13.5. The fourth-order valence-electron chi connectivity index (χ4n) is 5.03. The van der Waals surface area contributed by atoms with Crippen LogP contribution in [0.3, 0.4) is 0 Å². The number of nitrogens with zero attached hydrogens (tertiary/aromatic N) is 2. The van der Waals surface area contributed by atoms with Crippen molar-refractivity contribution in [3.63, 3.8) is 0 Å². The summed E-state index contributed by atoms with van der Waals surface area (Å²) in [7, 11) is 1.68. The van der Waals surface area contributed by atoms with Crippen LogP contribution in [0.25, 0.3) is 28.0 Å². The van der Waals surface area contributed by atoms with Gasteiger partial charge in [-0.15, -0.1) is 0 Å². The van der Waals surface area contributed by atoms with E-state index < -0.39 is 0 Å².